The molecule has 2 amide bonds. The number of amides is 2. The number of sulfone groups is 1. The second kappa shape index (κ2) is 7.26. The summed E-state index contributed by atoms with van der Waals surface area (Å²) in [5.41, 5.74) is 0.579. The molecule has 0 aliphatic carbocycles. The van der Waals surface area contributed by atoms with Crippen LogP contribution >= 0.6 is 0 Å². The normalized spacial score (nSPS) is 16.3. The van der Waals surface area contributed by atoms with Crippen molar-refractivity contribution < 1.29 is 13.2 Å². The second-order valence-corrected chi connectivity index (χ2v) is 9.78. The molecule has 0 spiro atoms. The maximum absolute atomic E-state index is 13.0. The third-order valence-electron chi connectivity index (χ3n) is 5.25. The van der Waals surface area contributed by atoms with Crippen LogP contribution < -0.4 is 5.32 Å². The third kappa shape index (κ3) is 3.80. The van der Waals surface area contributed by atoms with Gasteiger partial charge in [0.25, 0.3) is 0 Å². The summed E-state index contributed by atoms with van der Waals surface area (Å²) in [5.74, 6) is -0.0591. The van der Waals surface area contributed by atoms with Gasteiger partial charge in [0.15, 0.2) is 5.03 Å². The van der Waals surface area contributed by atoms with E-state index in [1.807, 2.05) is 0 Å². The molecule has 1 aliphatic heterocycles. The molecule has 9 nitrogen and oxygen atoms in total. The number of piperidine rings is 1. The molecule has 3 rings (SSSR count). The van der Waals surface area contributed by atoms with Crippen LogP contribution in [0.5, 0.6) is 0 Å². The van der Waals surface area contributed by atoms with Crippen LogP contribution in [0.3, 0.4) is 0 Å². The fraction of sp³-hybridized carbons (Fsp3) is 0.529. The zero-order chi connectivity index (χ0) is 19.7. The van der Waals surface area contributed by atoms with E-state index in [1.165, 1.54) is 24.9 Å². The van der Waals surface area contributed by atoms with Crippen molar-refractivity contribution in [2.45, 2.75) is 36.5 Å². The Morgan fingerprint density at radius 1 is 1.26 bits per heavy atom. The molecule has 1 aliphatic rings. The van der Waals surface area contributed by atoms with Gasteiger partial charge >= 0.3 is 6.03 Å². The van der Waals surface area contributed by atoms with E-state index in [4.69, 9.17) is 0 Å². The van der Waals surface area contributed by atoms with Crippen molar-refractivity contribution >= 4 is 21.6 Å². The smallest absolute Gasteiger partial charge is 0.321 e. The second-order valence-electron chi connectivity index (χ2n) is 7.31. The number of imidazole rings is 1. The molecule has 2 aromatic heterocycles. The summed E-state index contributed by atoms with van der Waals surface area (Å²) in [4.78, 5) is 18.1. The summed E-state index contributed by atoms with van der Waals surface area (Å²) in [6.45, 7) is 4.49. The van der Waals surface area contributed by atoms with E-state index >= 15 is 0 Å². The van der Waals surface area contributed by atoms with Crippen molar-refractivity contribution in [3.05, 3.63) is 31.0 Å². The first kappa shape index (κ1) is 19.3. The molecule has 0 atom stereocenters. The molecule has 0 bridgehead atoms. The lowest BCUT2D eigenvalue weighted by atomic mass is 9.86. The fourth-order valence-electron chi connectivity index (χ4n) is 3.36. The lowest BCUT2D eigenvalue weighted by molar-refractivity contribution is 0.171. The zero-order valence-corrected chi connectivity index (χ0v) is 16.5. The lowest BCUT2D eigenvalue weighted by Crippen LogP contribution is -2.48. The Hall–Kier alpha value is -2.49. The number of aromatic nitrogens is 4. The summed E-state index contributed by atoms with van der Waals surface area (Å²) < 4.78 is 26.8. The summed E-state index contributed by atoms with van der Waals surface area (Å²) >= 11 is 0. The van der Waals surface area contributed by atoms with Crippen LogP contribution in [-0.2, 0) is 16.9 Å². The Labute approximate surface area is 158 Å². The Balaban J connectivity index is 1.65. The Kier molecular flexibility index (Phi) is 5.18. The summed E-state index contributed by atoms with van der Waals surface area (Å²) in [6.07, 6.45) is 7.23. The van der Waals surface area contributed by atoms with E-state index < -0.39 is 14.6 Å². The number of carbonyl (C=O) groups is 1. The third-order valence-corrected chi connectivity index (χ3v) is 7.73. The van der Waals surface area contributed by atoms with Crippen molar-refractivity contribution in [3.63, 3.8) is 0 Å². The molecule has 2 aromatic rings. The van der Waals surface area contributed by atoms with Crippen LogP contribution in [0.2, 0.25) is 0 Å². The van der Waals surface area contributed by atoms with Gasteiger partial charge in [0, 0.05) is 26.3 Å². The first-order valence-electron chi connectivity index (χ1n) is 8.77. The van der Waals surface area contributed by atoms with Gasteiger partial charge in [0.05, 0.1) is 29.2 Å². The number of aryl methyl sites for hydroxylation is 1. The minimum absolute atomic E-state index is 0.0591. The van der Waals surface area contributed by atoms with Gasteiger partial charge < -0.3 is 14.8 Å². The molecule has 3 heterocycles. The topological polar surface area (TPSA) is 110 Å². The van der Waals surface area contributed by atoms with Gasteiger partial charge in [0.2, 0.25) is 9.84 Å². The van der Waals surface area contributed by atoms with Gasteiger partial charge in [-0.25, -0.2) is 18.2 Å². The fourth-order valence-corrected chi connectivity index (χ4v) is 5.07. The van der Waals surface area contributed by atoms with Crippen molar-refractivity contribution in [1.82, 2.24) is 24.6 Å². The van der Waals surface area contributed by atoms with Crippen LogP contribution in [0.15, 0.2) is 36.0 Å². The van der Waals surface area contributed by atoms with E-state index in [1.54, 1.807) is 36.4 Å². The minimum Gasteiger partial charge on any atom is -0.339 e. The molecule has 10 heteroatoms. The number of anilines is 1. The average molecular weight is 392 g/mol. The quantitative estimate of drug-likeness (QED) is 0.848. The Morgan fingerprint density at radius 3 is 2.52 bits per heavy atom. The van der Waals surface area contributed by atoms with Gasteiger partial charge in [-0.15, -0.1) is 0 Å². The largest absolute Gasteiger partial charge is 0.339 e. The first-order valence-corrected chi connectivity index (χ1v) is 10.3. The number of nitrogens with one attached hydrogen (secondary N) is 1. The maximum Gasteiger partial charge on any atom is 0.321 e. The molecule has 0 aromatic carbocycles. The van der Waals surface area contributed by atoms with Crippen molar-refractivity contribution in [2.24, 2.45) is 13.0 Å². The summed E-state index contributed by atoms with van der Waals surface area (Å²) in [5, 5.41) is 10.3. The highest BCUT2D eigenvalue weighted by molar-refractivity contribution is 7.92. The number of carbonyl (C=O) groups excluding carboxylic acids is 1. The molecule has 146 valence electrons. The number of urea groups is 1. The first-order chi connectivity index (χ1) is 12.7. The highest BCUT2D eigenvalue weighted by atomic mass is 32.2. The van der Waals surface area contributed by atoms with E-state index in [9.17, 15) is 13.2 Å². The molecule has 27 heavy (non-hydrogen) atoms. The molecule has 0 saturated carbocycles. The molecular weight excluding hydrogens is 368 g/mol. The molecule has 0 radical (unpaired) electrons. The number of nitrogens with zero attached hydrogens (tertiary/aromatic N) is 5. The lowest BCUT2D eigenvalue weighted by Gasteiger charge is -2.39. The predicted molar refractivity (Wildman–Crippen MR) is 99.8 cm³/mol. The van der Waals surface area contributed by atoms with E-state index in [-0.39, 0.29) is 17.0 Å². The van der Waals surface area contributed by atoms with E-state index in [2.05, 4.69) is 20.5 Å². The molecular formula is C17H24N6O3S. The van der Waals surface area contributed by atoms with Crippen molar-refractivity contribution in [1.29, 1.82) is 0 Å². The molecule has 0 unspecified atom stereocenters. The van der Waals surface area contributed by atoms with E-state index in [0.29, 0.717) is 31.6 Å². The average Bonchev–Trinajstić information content (AvgIpc) is 3.09. The van der Waals surface area contributed by atoms with Gasteiger partial charge in [-0.2, -0.15) is 10.2 Å². The van der Waals surface area contributed by atoms with Crippen molar-refractivity contribution in [2.75, 3.05) is 18.4 Å². The number of hydrogen-bond acceptors (Lipinski definition) is 6. The monoisotopic (exact) mass is 392 g/mol. The standard InChI is InChI=1S/C17H24N6O3S/c1-17(2,27(25,26)15-11-22(3)12-18-15)13-5-8-23(9-6-13)16(24)21-14-4-7-19-20-10-14/h4,7,10-13H,5-6,8-9H2,1-3H3,(H,19,21,24). The van der Waals surface area contributed by atoms with Crippen LogP contribution in [0.1, 0.15) is 26.7 Å². The molecule has 1 N–H and O–H groups in total. The number of rotatable bonds is 4. The van der Waals surface area contributed by atoms with Gasteiger partial charge in [-0.3, -0.25) is 0 Å². The highest BCUT2D eigenvalue weighted by Crippen LogP contribution is 2.37. The van der Waals surface area contributed by atoms with Crippen LogP contribution in [0.25, 0.3) is 0 Å². The minimum atomic E-state index is -3.57. The molecule has 1 fully saturated rings. The number of likely N-dealkylation sites (tertiary alicyclic amines) is 1. The van der Waals surface area contributed by atoms with Crippen LogP contribution in [0.4, 0.5) is 10.5 Å². The van der Waals surface area contributed by atoms with Crippen molar-refractivity contribution in [3.8, 4) is 0 Å². The summed E-state index contributed by atoms with van der Waals surface area (Å²) in [6, 6.07) is 1.45. The predicted octanol–water partition coefficient (Wildman–Crippen LogP) is 1.71. The zero-order valence-electron chi connectivity index (χ0n) is 15.7. The summed E-state index contributed by atoms with van der Waals surface area (Å²) in [7, 11) is -1.83. The van der Waals surface area contributed by atoms with Gasteiger partial charge in [-0.1, -0.05) is 0 Å². The molecule has 1 saturated heterocycles. The van der Waals surface area contributed by atoms with Crippen LogP contribution in [-0.4, -0.2) is 56.9 Å². The Bertz CT molecular complexity index is 902. The SMILES string of the molecule is Cn1cnc(S(=O)(=O)C(C)(C)C2CCN(C(=O)Nc3ccnnc3)CC2)c1. The van der Waals surface area contributed by atoms with Gasteiger partial charge in [0.1, 0.15) is 0 Å². The van der Waals surface area contributed by atoms with E-state index in [0.717, 1.165) is 0 Å². The Morgan fingerprint density at radius 2 is 1.96 bits per heavy atom. The van der Waals surface area contributed by atoms with Gasteiger partial charge in [-0.05, 0) is 38.7 Å². The maximum atomic E-state index is 13.0. The highest BCUT2D eigenvalue weighted by Gasteiger charge is 2.45. The number of hydrogen-bond donors (Lipinski definition) is 1. The van der Waals surface area contributed by atoms with Crippen LogP contribution in [0, 0.1) is 5.92 Å².